The van der Waals surface area contributed by atoms with Crippen LogP contribution in [-0.4, -0.2) is 41.4 Å². The molecule has 0 radical (unpaired) electrons. The second kappa shape index (κ2) is 7.72. The van der Waals surface area contributed by atoms with E-state index in [0.29, 0.717) is 6.42 Å². The predicted octanol–water partition coefficient (Wildman–Crippen LogP) is 4.56. The van der Waals surface area contributed by atoms with Gasteiger partial charge in [0.2, 0.25) is 0 Å². The van der Waals surface area contributed by atoms with Gasteiger partial charge in [-0.25, -0.2) is 0 Å². The minimum Gasteiger partial charge on any atom is -0.407 e. The zero-order chi connectivity index (χ0) is 18.7. The predicted molar refractivity (Wildman–Crippen MR) is 101 cm³/mol. The number of aldehydes is 2. The summed E-state index contributed by atoms with van der Waals surface area (Å²) in [6, 6.07) is 0. The highest BCUT2D eigenvalue weighted by Gasteiger charge is 2.42. The highest BCUT2D eigenvalue weighted by Crippen LogP contribution is 2.39. The molecule has 136 valence electrons. The van der Waals surface area contributed by atoms with Gasteiger partial charge in [0.15, 0.2) is 16.6 Å². The van der Waals surface area contributed by atoms with E-state index in [9.17, 15) is 9.59 Å². The lowest BCUT2D eigenvalue weighted by Crippen LogP contribution is -2.48. The largest absolute Gasteiger partial charge is 0.407 e. The molecule has 0 aromatic carbocycles. The third-order valence-corrected chi connectivity index (χ3v) is 14.3. The zero-order valence-corrected chi connectivity index (χ0v) is 18.6. The van der Waals surface area contributed by atoms with Crippen LogP contribution in [-0.2, 0) is 18.4 Å². The van der Waals surface area contributed by atoms with Crippen molar-refractivity contribution in [2.24, 2.45) is 0 Å². The van der Waals surface area contributed by atoms with Crippen LogP contribution in [0.4, 0.5) is 0 Å². The van der Waals surface area contributed by atoms with Crippen LogP contribution in [0.5, 0.6) is 0 Å². The summed E-state index contributed by atoms with van der Waals surface area (Å²) in [6.45, 7) is 21.2. The summed E-state index contributed by atoms with van der Waals surface area (Å²) in [7, 11) is -4.11. The van der Waals surface area contributed by atoms with Gasteiger partial charge < -0.3 is 18.4 Å². The Bertz CT molecular complexity index is 368. The second-order valence-electron chi connectivity index (χ2n) is 9.34. The van der Waals surface area contributed by atoms with Crippen LogP contribution in [0.15, 0.2) is 0 Å². The average molecular weight is 361 g/mol. The Morgan fingerprint density at radius 2 is 1.00 bits per heavy atom. The van der Waals surface area contributed by atoms with Crippen molar-refractivity contribution in [3.8, 4) is 0 Å². The van der Waals surface area contributed by atoms with E-state index in [-0.39, 0.29) is 10.1 Å². The molecule has 0 saturated heterocycles. The molecule has 0 aromatic rings. The number of hydrogen-bond acceptors (Lipinski definition) is 4. The summed E-state index contributed by atoms with van der Waals surface area (Å²) in [6.07, 6.45) is 0.746. The smallest absolute Gasteiger partial charge is 0.193 e. The zero-order valence-electron chi connectivity index (χ0n) is 16.6. The molecule has 0 N–H and O–H groups in total. The van der Waals surface area contributed by atoms with Gasteiger partial charge in [-0.05, 0) is 36.3 Å². The summed E-state index contributed by atoms with van der Waals surface area (Å²) in [5.74, 6) is 0. The maximum absolute atomic E-state index is 11.5. The van der Waals surface area contributed by atoms with E-state index in [4.69, 9.17) is 8.85 Å². The lowest BCUT2D eigenvalue weighted by atomic mass is 10.2. The molecular formula is C17H36O4Si2. The summed E-state index contributed by atoms with van der Waals surface area (Å²) in [4.78, 5) is 22.9. The minimum absolute atomic E-state index is 0.0191. The molecule has 0 bridgehead atoms. The average Bonchev–Trinajstić information content (AvgIpc) is 2.33. The van der Waals surface area contributed by atoms with E-state index in [1.54, 1.807) is 0 Å². The van der Waals surface area contributed by atoms with Crippen LogP contribution >= 0.6 is 0 Å². The molecule has 0 amide bonds. The third kappa shape index (κ3) is 6.60. The van der Waals surface area contributed by atoms with Crippen molar-refractivity contribution >= 4 is 29.2 Å². The van der Waals surface area contributed by atoms with Gasteiger partial charge >= 0.3 is 0 Å². The van der Waals surface area contributed by atoms with Crippen molar-refractivity contribution in [3.63, 3.8) is 0 Å². The van der Waals surface area contributed by atoms with Crippen molar-refractivity contribution in [2.45, 2.75) is 96.4 Å². The Balaban J connectivity index is 5.03. The van der Waals surface area contributed by atoms with E-state index in [1.807, 2.05) is 0 Å². The topological polar surface area (TPSA) is 52.6 Å². The van der Waals surface area contributed by atoms with Crippen LogP contribution in [0.25, 0.3) is 0 Å². The van der Waals surface area contributed by atoms with Crippen LogP contribution in [0.1, 0.15) is 48.0 Å². The summed E-state index contributed by atoms with van der Waals surface area (Å²) < 4.78 is 12.3. The first kappa shape index (κ1) is 22.7. The molecule has 6 heteroatoms. The molecule has 0 aromatic heterocycles. The van der Waals surface area contributed by atoms with Gasteiger partial charge in [0, 0.05) is 6.42 Å². The first-order valence-corrected chi connectivity index (χ1v) is 14.2. The summed E-state index contributed by atoms with van der Waals surface area (Å²) in [5.41, 5.74) is 0. The molecule has 0 unspecified atom stereocenters. The maximum Gasteiger partial charge on any atom is 0.193 e. The molecule has 0 fully saturated rings. The van der Waals surface area contributed by atoms with Crippen molar-refractivity contribution in [3.05, 3.63) is 0 Å². The van der Waals surface area contributed by atoms with Gasteiger partial charge in [0.1, 0.15) is 24.8 Å². The van der Waals surface area contributed by atoms with Crippen molar-refractivity contribution < 1.29 is 18.4 Å². The van der Waals surface area contributed by atoms with Crippen LogP contribution < -0.4 is 0 Å². The monoisotopic (exact) mass is 360 g/mol. The Morgan fingerprint density at radius 3 is 1.17 bits per heavy atom. The molecule has 0 aliphatic rings. The number of rotatable bonds is 8. The quantitative estimate of drug-likeness (QED) is 0.470. The highest BCUT2D eigenvalue weighted by atomic mass is 28.4. The lowest BCUT2D eigenvalue weighted by molar-refractivity contribution is -0.119. The van der Waals surface area contributed by atoms with Gasteiger partial charge in [0.25, 0.3) is 0 Å². The first-order chi connectivity index (χ1) is 10.1. The van der Waals surface area contributed by atoms with E-state index < -0.39 is 28.8 Å². The fraction of sp³-hybridized carbons (Fsp3) is 0.882. The molecule has 2 atom stereocenters. The Morgan fingerprint density at radius 1 is 0.739 bits per heavy atom. The van der Waals surface area contributed by atoms with E-state index in [2.05, 4.69) is 67.7 Å². The Hall–Kier alpha value is -0.306. The number of carbonyl (C=O) groups excluding carboxylic acids is 2. The van der Waals surface area contributed by atoms with E-state index in [0.717, 1.165) is 12.6 Å². The van der Waals surface area contributed by atoms with Crippen molar-refractivity contribution in [1.29, 1.82) is 0 Å². The summed E-state index contributed by atoms with van der Waals surface area (Å²) >= 11 is 0. The van der Waals surface area contributed by atoms with Crippen LogP contribution in [0.3, 0.4) is 0 Å². The molecule has 0 spiro atoms. The minimum atomic E-state index is -2.06. The van der Waals surface area contributed by atoms with Crippen molar-refractivity contribution in [1.82, 2.24) is 0 Å². The van der Waals surface area contributed by atoms with Gasteiger partial charge in [-0.15, -0.1) is 0 Å². The molecule has 0 rings (SSSR count). The number of hydrogen-bond donors (Lipinski definition) is 0. The standard InChI is InChI=1S/C17H36O4Si2/c1-16(2,3)22(7,8)20-14(12-18)11-15(13-19)21-23(9,10)17(4,5)6/h12-15H,11H2,1-10H3/t14-,15+. The van der Waals surface area contributed by atoms with E-state index in [1.165, 1.54) is 0 Å². The van der Waals surface area contributed by atoms with Gasteiger partial charge in [-0.1, -0.05) is 41.5 Å². The molecule has 4 nitrogen and oxygen atoms in total. The van der Waals surface area contributed by atoms with Gasteiger partial charge in [0.05, 0.1) is 0 Å². The van der Waals surface area contributed by atoms with Crippen molar-refractivity contribution in [2.75, 3.05) is 0 Å². The molecule has 0 aliphatic heterocycles. The van der Waals surface area contributed by atoms with Crippen LogP contribution in [0.2, 0.25) is 36.3 Å². The van der Waals surface area contributed by atoms with Gasteiger partial charge in [-0.3, -0.25) is 0 Å². The normalized spacial score (nSPS) is 16.8. The SMILES string of the molecule is CC(C)(C)[Si](C)(C)O[C@H](C=O)C[C@H](C=O)O[Si](C)(C)C(C)(C)C. The van der Waals surface area contributed by atoms with Gasteiger partial charge in [-0.2, -0.15) is 0 Å². The van der Waals surface area contributed by atoms with Crippen LogP contribution in [0, 0.1) is 0 Å². The number of carbonyl (C=O) groups is 2. The Kier molecular flexibility index (Phi) is 7.62. The highest BCUT2D eigenvalue weighted by molar-refractivity contribution is 6.74. The fourth-order valence-corrected chi connectivity index (χ4v) is 4.13. The third-order valence-electron chi connectivity index (χ3n) is 5.27. The summed E-state index contributed by atoms with van der Waals surface area (Å²) in [5, 5.41) is 0.0381. The Labute approximate surface area is 144 Å². The fourth-order valence-electron chi connectivity index (χ4n) is 1.60. The maximum atomic E-state index is 11.5. The molecule has 0 saturated carbocycles. The van der Waals surface area contributed by atoms with E-state index >= 15 is 0 Å². The molecular weight excluding hydrogens is 324 g/mol. The lowest BCUT2D eigenvalue weighted by Gasteiger charge is -2.40. The molecule has 0 aliphatic carbocycles. The molecule has 0 heterocycles. The first-order valence-electron chi connectivity index (χ1n) is 8.33. The molecule has 23 heavy (non-hydrogen) atoms. The second-order valence-corrected chi connectivity index (χ2v) is 18.9.